The third kappa shape index (κ3) is 1.23. The molecule has 0 saturated carbocycles. The van der Waals surface area contributed by atoms with E-state index < -0.39 is 0 Å². The van der Waals surface area contributed by atoms with Crippen molar-refractivity contribution in [3.05, 3.63) is 23.5 Å². The Morgan fingerprint density at radius 2 is 2.44 bits per heavy atom. The molecule has 0 atom stereocenters. The molecule has 0 spiro atoms. The van der Waals surface area contributed by atoms with Gasteiger partial charge in [-0.2, -0.15) is 0 Å². The molecule has 0 aliphatic carbocycles. The normalized spacial score (nSPS) is 17.9. The number of hydrogen-bond acceptors (Lipinski definition) is 3. The van der Waals surface area contributed by atoms with Crippen molar-refractivity contribution < 1.29 is 0 Å². The summed E-state index contributed by atoms with van der Waals surface area (Å²) < 4.78 is 0. The summed E-state index contributed by atoms with van der Waals surface area (Å²) >= 11 is 0. The Kier molecular flexibility index (Phi) is 1.75. The van der Waals surface area contributed by atoms with Crippen molar-refractivity contribution in [2.24, 2.45) is 11.5 Å². The Bertz CT molecular complexity index is 158. The van der Waals surface area contributed by atoms with Gasteiger partial charge in [-0.3, -0.25) is 0 Å². The van der Waals surface area contributed by atoms with Crippen molar-refractivity contribution in [1.82, 2.24) is 5.32 Å². The van der Waals surface area contributed by atoms with E-state index >= 15 is 0 Å². The van der Waals surface area contributed by atoms with Crippen LogP contribution >= 0.6 is 0 Å². The lowest BCUT2D eigenvalue weighted by atomic mass is 10.2. The highest BCUT2D eigenvalue weighted by molar-refractivity contribution is 5.26. The van der Waals surface area contributed by atoms with E-state index in [2.05, 4.69) is 5.32 Å². The maximum atomic E-state index is 5.54. The average Bonchev–Trinajstić information content (AvgIpc) is 1.89. The summed E-state index contributed by atoms with van der Waals surface area (Å²) in [7, 11) is 0. The number of nitrogens with one attached hydrogen (secondary N) is 1. The fourth-order valence-electron chi connectivity index (χ4n) is 0.761. The van der Waals surface area contributed by atoms with Gasteiger partial charge in [0.1, 0.15) is 0 Å². The van der Waals surface area contributed by atoms with E-state index in [1.807, 2.05) is 12.2 Å². The van der Waals surface area contributed by atoms with Crippen LogP contribution in [-0.4, -0.2) is 13.1 Å². The SMILES string of the molecule is NCC1=C(N)C=CCN1. The second-order valence-corrected chi connectivity index (χ2v) is 1.92. The van der Waals surface area contributed by atoms with Gasteiger partial charge in [0.2, 0.25) is 0 Å². The molecule has 3 nitrogen and oxygen atoms in total. The third-order valence-electron chi connectivity index (χ3n) is 1.28. The van der Waals surface area contributed by atoms with Crippen LogP contribution in [0, 0.1) is 0 Å². The lowest BCUT2D eigenvalue weighted by Gasteiger charge is -2.12. The van der Waals surface area contributed by atoms with Crippen LogP contribution in [0.3, 0.4) is 0 Å². The molecule has 0 amide bonds. The molecule has 1 rings (SSSR count). The van der Waals surface area contributed by atoms with Crippen LogP contribution in [0.1, 0.15) is 0 Å². The summed E-state index contributed by atoms with van der Waals surface area (Å²) in [5, 5.41) is 3.06. The number of allylic oxidation sites excluding steroid dienone is 1. The molecule has 50 valence electrons. The van der Waals surface area contributed by atoms with E-state index in [-0.39, 0.29) is 0 Å². The van der Waals surface area contributed by atoms with Crippen molar-refractivity contribution in [2.45, 2.75) is 0 Å². The van der Waals surface area contributed by atoms with Crippen LogP contribution in [-0.2, 0) is 0 Å². The quantitative estimate of drug-likeness (QED) is 0.433. The Hall–Kier alpha value is -0.960. The number of rotatable bonds is 1. The van der Waals surface area contributed by atoms with Crippen molar-refractivity contribution in [1.29, 1.82) is 0 Å². The molecular formula is C6H11N3. The van der Waals surface area contributed by atoms with Gasteiger partial charge < -0.3 is 16.8 Å². The van der Waals surface area contributed by atoms with Crippen LogP contribution in [0.15, 0.2) is 23.5 Å². The molecule has 0 bridgehead atoms. The maximum absolute atomic E-state index is 5.54. The second-order valence-electron chi connectivity index (χ2n) is 1.92. The third-order valence-corrected chi connectivity index (χ3v) is 1.28. The predicted octanol–water partition coefficient (Wildman–Crippen LogP) is -0.725. The monoisotopic (exact) mass is 125 g/mol. The fraction of sp³-hybridized carbons (Fsp3) is 0.333. The summed E-state index contributed by atoms with van der Waals surface area (Å²) in [6.07, 6.45) is 3.84. The van der Waals surface area contributed by atoms with Gasteiger partial charge in [0.25, 0.3) is 0 Å². The van der Waals surface area contributed by atoms with Crippen LogP contribution in [0.5, 0.6) is 0 Å². The van der Waals surface area contributed by atoms with Gasteiger partial charge >= 0.3 is 0 Å². The zero-order valence-corrected chi connectivity index (χ0v) is 5.22. The van der Waals surface area contributed by atoms with Crippen LogP contribution < -0.4 is 16.8 Å². The predicted molar refractivity (Wildman–Crippen MR) is 37.4 cm³/mol. The highest BCUT2D eigenvalue weighted by Crippen LogP contribution is 1.98. The van der Waals surface area contributed by atoms with Crippen LogP contribution in [0.4, 0.5) is 0 Å². The minimum atomic E-state index is 0.496. The van der Waals surface area contributed by atoms with Crippen LogP contribution in [0.2, 0.25) is 0 Å². The zero-order valence-electron chi connectivity index (χ0n) is 5.22. The molecule has 5 N–H and O–H groups in total. The molecule has 1 aliphatic heterocycles. The van der Waals surface area contributed by atoms with E-state index in [9.17, 15) is 0 Å². The van der Waals surface area contributed by atoms with E-state index in [1.54, 1.807) is 0 Å². The summed E-state index contributed by atoms with van der Waals surface area (Å²) in [5.41, 5.74) is 12.6. The first-order valence-corrected chi connectivity index (χ1v) is 2.93. The molecule has 0 aromatic rings. The molecule has 0 unspecified atom stereocenters. The largest absolute Gasteiger partial charge is 0.397 e. The summed E-state index contributed by atoms with van der Waals surface area (Å²) in [6.45, 7) is 1.34. The molecule has 1 heterocycles. The molecule has 0 radical (unpaired) electrons. The van der Waals surface area contributed by atoms with Gasteiger partial charge in [0, 0.05) is 18.8 Å². The average molecular weight is 125 g/mol. The van der Waals surface area contributed by atoms with Gasteiger partial charge in [-0.1, -0.05) is 6.08 Å². The Labute approximate surface area is 54.4 Å². The van der Waals surface area contributed by atoms with Gasteiger partial charge in [-0.05, 0) is 6.08 Å². The number of dihydropyridines is 1. The summed E-state index contributed by atoms with van der Waals surface area (Å²) in [5.74, 6) is 0. The van der Waals surface area contributed by atoms with Gasteiger partial charge in [0.05, 0.1) is 5.70 Å². The van der Waals surface area contributed by atoms with Crippen molar-refractivity contribution in [2.75, 3.05) is 13.1 Å². The van der Waals surface area contributed by atoms with Crippen molar-refractivity contribution in [3.8, 4) is 0 Å². The molecule has 1 aliphatic rings. The van der Waals surface area contributed by atoms with Gasteiger partial charge in [-0.15, -0.1) is 0 Å². The molecule has 0 saturated heterocycles. The van der Waals surface area contributed by atoms with E-state index in [0.29, 0.717) is 6.54 Å². The minimum absolute atomic E-state index is 0.496. The minimum Gasteiger partial charge on any atom is -0.397 e. The first kappa shape index (κ1) is 6.16. The number of nitrogens with two attached hydrogens (primary N) is 2. The lowest BCUT2D eigenvalue weighted by molar-refractivity contribution is 0.830. The van der Waals surface area contributed by atoms with E-state index in [1.165, 1.54) is 0 Å². The van der Waals surface area contributed by atoms with Crippen molar-refractivity contribution >= 4 is 0 Å². The summed E-state index contributed by atoms with van der Waals surface area (Å²) in [4.78, 5) is 0. The van der Waals surface area contributed by atoms with E-state index in [4.69, 9.17) is 11.5 Å². The zero-order chi connectivity index (χ0) is 6.69. The molecule has 0 aromatic heterocycles. The molecule has 0 fully saturated rings. The van der Waals surface area contributed by atoms with Gasteiger partial charge in [0.15, 0.2) is 0 Å². The van der Waals surface area contributed by atoms with Gasteiger partial charge in [-0.25, -0.2) is 0 Å². The molecule has 0 aromatic carbocycles. The fourth-order valence-corrected chi connectivity index (χ4v) is 0.761. The Morgan fingerprint density at radius 3 is 2.89 bits per heavy atom. The Morgan fingerprint density at radius 1 is 1.67 bits per heavy atom. The maximum Gasteiger partial charge on any atom is 0.0517 e. The van der Waals surface area contributed by atoms with E-state index in [0.717, 1.165) is 17.9 Å². The highest BCUT2D eigenvalue weighted by atomic mass is 14.9. The standard InChI is InChI=1S/C6H11N3/c7-4-6-5(8)2-1-3-9-6/h1-2,9H,3-4,7-8H2. The topological polar surface area (TPSA) is 64.1 Å². The molecule has 3 heteroatoms. The lowest BCUT2D eigenvalue weighted by Crippen LogP contribution is -2.26. The number of hydrogen-bond donors (Lipinski definition) is 3. The second kappa shape index (κ2) is 2.55. The van der Waals surface area contributed by atoms with Crippen molar-refractivity contribution in [3.63, 3.8) is 0 Å². The first-order valence-electron chi connectivity index (χ1n) is 2.93. The Balaban J connectivity index is 2.72. The van der Waals surface area contributed by atoms with Crippen LogP contribution in [0.25, 0.3) is 0 Å². The molecule has 9 heavy (non-hydrogen) atoms. The smallest absolute Gasteiger partial charge is 0.0517 e. The molecular weight excluding hydrogens is 114 g/mol. The highest BCUT2D eigenvalue weighted by Gasteiger charge is 1.99. The summed E-state index contributed by atoms with van der Waals surface area (Å²) in [6, 6.07) is 0. The first-order chi connectivity index (χ1) is 4.34.